The van der Waals surface area contributed by atoms with Crippen LogP contribution in [-0.2, 0) is 6.54 Å². The number of rotatable bonds is 1. The van der Waals surface area contributed by atoms with Crippen molar-refractivity contribution >= 4 is 16.4 Å². The highest BCUT2D eigenvalue weighted by Crippen LogP contribution is 2.21. The van der Waals surface area contributed by atoms with Crippen LogP contribution in [0.15, 0.2) is 36.7 Å². The highest BCUT2D eigenvalue weighted by molar-refractivity contribution is 5.94. The third-order valence-corrected chi connectivity index (χ3v) is 2.94. The number of fused-ring (bicyclic) bond motifs is 3. The second-order valence-electron chi connectivity index (χ2n) is 4.05. The molecule has 0 amide bonds. The van der Waals surface area contributed by atoms with Crippen LogP contribution in [0.1, 0.15) is 11.3 Å². The van der Waals surface area contributed by atoms with E-state index >= 15 is 0 Å². The predicted octanol–water partition coefficient (Wildman–Crippen LogP) is 2.25. The molecule has 3 rings (SSSR count). The molecule has 3 nitrogen and oxygen atoms in total. The monoisotopic (exact) mass is 211 g/mol. The van der Waals surface area contributed by atoms with E-state index in [1.165, 1.54) is 16.3 Å². The smallest absolute Gasteiger partial charge is 0.144 e. The molecule has 2 N–H and O–H groups in total. The number of nitrogens with two attached hydrogens (primary N) is 1. The van der Waals surface area contributed by atoms with E-state index in [-0.39, 0.29) is 0 Å². The molecular formula is C13H13N3. The SMILES string of the molecule is Cc1ccc2ccn3c(CN)cnc3c2c1. The van der Waals surface area contributed by atoms with Crippen LogP contribution >= 0.6 is 0 Å². The van der Waals surface area contributed by atoms with Crippen molar-refractivity contribution < 1.29 is 0 Å². The Bertz CT molecular complexity index is 667. The molecule has 0 spiro atoms. The summed E-state index contributed by atoms with van der Waals surface area (Å²) in [5.74, 6) is 0. The summed E-state index contributed by atoms with van der Waals surface area (Å²) in [5.41, 5.74) is 8.95. The summed E-state index contributed by atoms with van der Waals surface area (Å²) in [6.07, 6.45) is 3.87. The summed E-state index contributed by atoms with van der Waals surface area (Å²) in [6, 6.07) is 8.51. The molecule has 2 aromatic heterocycles. The van der Waals surface area contributed by atoms with Crippen molar-refractivity contribution in [3.05, 3.63) is 47.9 Å². The Morgan fingerprint density at radius 2 is 2.19 bits per heavy atom. The van der Waals surface area contributed by atoms with Crippen molar-refractivity contribution in [2.45, 2.75) is 13.5 Å². The minimum atomic E-state index is 0.512. The van der Waals surface area contributed by atoms with Crippen molar-refractivity contribution in [1.82, 2.24) is 9.38 Å². The number of aromatic nitrogens is 2. The number of pyridine rings is 1. The van der Waals surface area contributed by atoms with Gasteiger partial charge in [0.15, 0.2) is 0 Å². The van der Waals surface area contributed by atoms with E-state index in [9.17, 15) is 0 Å². The molecule has 80 valence electrons. The van der Waals surface area contributed by atoms with E-state index in [2.05, 4.69) is 40.6 Å². The van der Waals surface area contributed by atoms with Crippen LogP contribution in [0.25, 0.3) is 16.4 Å². The lowest BCUT2D eigenvalue weighted by atomic mass is 10.1. The summed E-state index contributed by atoms with van der Waals surface area (Å²) in [4.78, 5) is 4.44. The zero-order valence-corrected chi connectivity index (χ0v) is 9.14. The van der Waals surface area contributed by atoms with Gasteiger partial charge in [-0.05, 0) is 24.4 Å². The molecule has 0 aliphatic carbocycles. The summed E-state index contributed by atoms with van der Waals surface area (Å²) in [6.45, 7) is 2.61. The third-order valence-electron chi connectivity index (χ3n) is 2.94. The van der Waals surface area contributed by atoms with Crippen molar-refractivity contribution in [2.24, 2.45) is 5.73 Å². The molecule has 2 heterocycles. The topological polar surface area (TPSA) is 43.3 Å². The Hall–Kier alpha value is -1.87. The summed E-state index contributed by atoms with van der Waals surface area (Å²) in [7, 11) is 0. The number of imidazole rings is 1. The Labute approximate surface area is 93.5 Å². The standard InChI is InChI=1S/C13H13N3/c1-9-2-3-10-4-5-16-11(7-14)8-15-13(16)12(10)6-9/h2-6,8H,7,14H2,1H3. The van der Waals surface area contributed by atoms with Crippen LogP contribution < -0.4 is 5.73 Å². The molecule has 3 aromatic rings. The van der Waals surface area contributed by atoms with E-state index < -0.39 is 0 Å². The Kier molecular flexibility index (Phi) is 1.94. The number of benzene rings is 1. The molecule has 0 saturated carbocycles. The molecule has 0 bridgehead atoms. The number of hydrogen-bond acceptors (Lipinski definition) is 2. The van der Waals surface area contributed by atoms with Crippen molar-refractivity contribution in [1.29, 1.82) is 0 Å². The maximum Gasteiger partial charge on any atom is 0.144 e. The number of nitrogens with zero attached hydrogens (tertiary/aromatic N) is 2. The van der Waals surface area contributed by atoms with Gasteiger partial charge in [-0.1, -0.05) is 17.7 Å². The number of aryl methyl sites for hydroxylation is 1. The molecule has 0 aliphatic rings. The van der Waals surface area contributed by atoms with Gasteiger partial charge in [0, 0.05) is 18.1 Å². The molecule has 3 heteroatoms. The van der Waals surface area contributed by atoms with Crippen LogP contribution in [0.4, 0.5) is 0 Å². The lowest BCUT2D eigenvalue weighted by Crippen LogP contribution is -2.00. The van der Waals surface area contributed by atoms with Gasteiger partial charge < -0.3 is 10.1 Å². The first kappa shape index (κ1) is 9.36. The summed E-state index contributed by atoms with van der Waals surface area (Å²) in [5, 5.41) is 2.40. The predicted molar refractivity (Wildman–Crippen MR) is 65.3 cm³/mol. The van der Waals surface area contributed by atoms with Gasteiger partial charge >= 0.3 is 0 Å². The second kappa shape index (κ2) is 3.32. The molecule has 0 saturated heterocycles. The van der Waals surface area contributed by atoms with Crippen molar-refractivity contribution in [3.63, 3.8) is 0 Å². The fourth-order valence-electron chi connectivity index (χ4n) is 2.08. The van der Waals surface area contributed by atoms with Gasteiger partial charge in [-0.2, -0.15) is 0 Å². The van der Waals surface area contributed by atoms with Crippen LogP contribution in [0.2, 0.25) is 0 Å². The van der Waals surface area contributed by atoms with Gasteiger partial charge in [0.2, 0.25) is 0 Å². The lowest BCUT2D eigenvalue weighted by Gasteiger charge is -2.03. The van der Waals surface area contributed by atoms with Gasteiger partial charge in [-0.3, -0.25) is 0 Å². The van der Waals surface area contributed by atoms with Crippen LogP contribution in [0.3, 0.4) is 0 Å². The largest absolute Gasteiger partial charge is 0.325 e. The van der Waals surface area contributed by atoms with Gasteiger partial charge in [-0.25, -0.2) is 4.98 Å². The fraction of sp³-hybridized carbons (Fsp3) is 0.154. The van der Waals surface area contributed by atoms with Gasteiger partial charge in [0.25, 0.3) is 0 Å². The first-order chi connectivity index (χ1) is 7.79. The van der Waals surface area contributed by atoms with Crippen LogP contribution in [-0.4, -0.2) is 9.38 Å². The fourth-order valence-corrected chi connectivity index (χ4v) is 2.08. The minimum absolute atomic E-state index is 0.512. The summed E-state index contributed by atoms with van der Waals surface area (Å²) >= 11 is 0. The third kappa shape index (κ3) is 1.22. The van der Waals surface area contributed by atoms with Gasteiger partial charge in [0.1, 0.15) is 5.65 Å². The Morgan fingerprint density at radius 3 is 3.00 bits per heavy atom. The molecule has 1 aromatic carbocycles. The van der Waals surface area contributed by atoms with Gasteiger partial charge in [-0.15, -0.1) is 0 Å². The average Bonchev–Trinajstić information content (AvgIpc) is 2.72. The summed E-state index contributed by atoms with van der Waals surface area (Å²) < 4.78 is 2.06. The molecule has 0 aliphatic heterocycles. The Morgan fingerprint density at radius 1 is 1.31 bits per heavy atom. The zero-order valence-electron chi connectivity index (χ0n) is 9.14. The Balaban J connectivity index is 2.48. The zero-order chi connectivity index (χ0) is 11.1. The maximum absolute atomic E-state index is 5.67. The van der Waals surface area contributed by atoms with E-state index in [1.807, 2.05) is 12.4 Å². The van der Waals surface area contributed by atoms with E-state index in [1.54, 1.807) is 0 Å². The highest BCUT2D eigenvalue weighted by atomic mass is 15.0. The maximum atomic E-state index is 5.67. The van der Waals surface area contributed by atoms with Crippen LogP contribution in [0.5, 0.6) is 0 Å². The van der Waals surface area contributed by atoms with E-state index in [4.69, 9.17) is 5.73 Å². The lowest BCUT2D eigenvalue weighted by molar-refractivity contribution is 0.962. The molecule has 0 radical (unpaired) electrons. The van der Waals surface area contributed by atoms with E-state index in [0.717, 1.165) is 11.3 Å². The average molecular weight is 211 g/mol. The van der Waals surface area contributed by atoms with Crippen LogP contribution in [0, 0.1) is 6.92 Å². The first-order valence-corrected chi connectivity index (χ1v) is 5.35. The minimum Gasteiger partial charge on any atom is -0.325 e. The molecular weight excluding hydrogens is 198 g/mol. The normalized spacial score (nSPS) is 11.4. The van der Waals surface area contributed by atoms with E-state index in [0.29, 0.717) is 6.54 Å². The van der Waals surface area contributed by atoms with Gasteiger partial charge in [0.05, 0.1) is 11.9 Å². The van der Waals surface area contributed by atoms with Crippen molar-refractivity contribution in [2.75, 3.05) is 0 Å². The number of hydrogen-bond donors (Lipinski definition) is 1. The first-order valence-electron chi connectivity index (χ1n) is 5.35. The molecule has 0 atom stereocenters. The quantitative estimate of drug-likeness (QED) is 0.671. The molecule has 0 fully saturated rings. The van der Waals surface area contributed by atoms with Crippen molar-refractivity contribution in [3.8, 4) is 0 Å². The molecule has 16 heavy (non-hydrogen) atoms. The molecule has 0 unspecified atom stereocenters. The highest BCUT2D eigenvalue weighted by Gasteiger charge is 2.05. The second-order valence-corrected chi connectivity index (χ2v) is 4.05.